The van der Waals surface area contributed by atoms with Crippen LogP contribution >= 0.6 is 46.3 Å². The first-order valence-electron chi connectivity index (χ1n) is 7.98. The largest absolute Gasteiger partial charge is 0.497 e. The lowest BCUT2D eigenvalue weighted by Crippen LogP contribution is -2.14. The summed E-state index contributed by atoms with van der Waals surface area (Å²) in [5.74, 6) is 1.33. The number of carbonyl (C=O) groups is 1. The number of ether oxygens (including phenoxy) is 1. The van der Waals surface area contributed by atoms with Crippen LogP contribution in [-0.2, 0) is 17.0 Å². The molecule has 0 aliphatic carbocycles. The number of hydrogen-bond acceptors (Lipinski definition) is 5. The van der Waals surface area contributed by atoms with Gasteiger partial charge in [0.15, 0.2) is 0 Å². The van der Waals surface area contributed by atoms with Crippen LogP contribution in [0.25, 0.3) is 0 Å². The number of carbonyl (C=O) groups excluding carboxylic acids is 1. The van der Waals surface area contributed by atoms with Gasteiger partial charge in [0.1, 0.15) is 10.1 Å². The van der Waals surface area contributed by atoms with Crippen LogP contribution < -0.4 is 10.1 Å². The minimum absolute atomic E-state index is 0.109. The summed E-state index contributed by atoms with van der Waals surface area (Å²) in [4.78, 5) is 16.7. The molecule has 0 saturated heterocycles. The molecule has 0 saturated carbocycles. The van der Waals surface area contributed by atoms with Crippen LogP contribution in [0.4, 0.5) is 5.69 Å². The van der Waals surface area contributed by atoms with E-state index < -0.39 is 0 Å². The van der Waals surface area contributed by atoms with Crippen LogP contribution in [0, 0.1) is 0 Å². The summed E-state index contributed by atoms with van der Waals surface area (Å²) < 4.78 is 6.00. The average molecular weight is 439 g/mol. The molecule has 0 aliphatic heterocycles. The van der Waals surface area contributed by atoms with Gasteiger partial charge in [-0.2, -0.15) is 0 Å². The SMILES string of the molecule is COc1ccc(NC(=O)Cc2csc(SCc3ccc(Cl)cc3Cl)n2)cc1. The minimum Gasteiger partial charge on any atom is -0.497 e. The van der Waals surface area contributed by atoms with Crippen molar-refractivity contribution in [3.8, 4) is 5.75 Å². The van der Waals surface area contributed by atoms with Crippen LogP contribution in [0.3, 0.4) is 0 Å². The lowest BCUT2D eigenvalue weighted by molar-refractivity contribution is -0.115. The van der Waals surface area contributed by atoms with Crippen LogP contribution in [0.2, 0.25) is 10.0 Å². The summed E-state index contributed by atoms with van der Waals surface area (Å²) in [6.07, 6.45) is 0.227. The Bertz CT molecular complexity index is 930. The van der Waals surface area contributed by atoms with E-state index in [1.165, 1.54) is 11.3 Å². The molecule has 2 aromatic carbocycles. The topological polar surface area (TPSA) is 51.2 Å². The molecule has 4 nitrogen and oxygen atoms in total. The second-order valence-corrected chi connectivity index (χ2v) is 8.51. The standard InChI is InChI=1S/C19H16Cl2N2O2S2/c1-25-16-6-4-14(5-7-16)22-18(24)9-15-11-27-19(23-15)26-10-12-2-3-13(20)8-17(12)21/h2-8,11H,9-10H2,1H3,(H,22,24). The molecule has 0 bridgehead atoms. The third-order valence-electron chi connectivity index (χ3n) is 3.61. The molecule has 3 aromatic rings. The molecule has 8 heteroatoms. The highest BCUT2D eigenvalue weighted by Gasteiger charge is 2.10. The Morgan fingerprint density at radius 3 is 2.70 bits per heavy atom. The van der Waals surface area contributed by atoms with Gasteiger partial charge in [-0.1, -0.05) is 41.0 Å². The number of thioether (sulfide) groups is 1. The van der Waals surface area contributed by atoms with Gasteiger partial charge in [0.05, 0.1) is 19.2 Å². The number of aromatic nitrogens is 1. The van der Waals surface area contributed by atoms with Crippen molar-refractivity contribution in [3.63, 3.8) is 0 Å². The zero-order valence-corrected chi connectivity index (χ0v) is 17.5. The smallest absolute Gasteiger partial charge is 0.230 e. The zero-order valence-electron chi connectivity index (χ0n) is 14.4. The van der Waals surface area contributed by atoms with Crippen LogP contribution in [0.1, 0.15) is 11.3 Å². The number of anilines is 1. The zero-order chi connectivity index (χ0) is 19.2. The van der Waals surface area contributed by atoms with Crippen molar-refractivity contribution in [3.05, 3.63) is 69.1 Å². The monoisotopic (exact) mass is 438 g/mol. The summed E-state index contributed by atoms with van der Waals surface area (Å²) in [6.45, 7) is 0. The summed E-state index contributed by atoms with van der Waals surface area (Å²) in [5, 5.41) is 6.02. The Balaban J connectivity index is 1.53. The van der Waals surface area contributed by atoms with Gasteiger partial charge in [-0.15, -0.1) is 11.3 Å². The lowest BCUT2D eigenvalue weighted by atomic mass is 10.2. The fourth-order valence-electron chi connectivity index (χ4n) is 2.26. The highest BCUT2D eigenvalue weighted by atomic mass is 35.5. The molecule has 1 N–H and O–H groups in total. The highest BCUT2D eigenvalue weighted by Crippen LogP contribution is 2.30. The Morgan fingerprint density at radius 2 is 2.00 bits per heavy atom. The van der Waals surface area contributed by atoms with E-state index in [-0.39, 0.29) is 12.3 Å². The second kappa shape index (κ2) is 9.46. The third kappa shape index (κ3) is 5.87. The number of halogens is 2. The van der Waals surface area contributed by atoms with Crippen molar-refractivity contribution in [1.82, 2.24) is 4.98 Å². The predicted octanol–water partition coefficient (Wildman–Crippen LogP) is 5.93. The summed E-state index contributed by atoms with van der Waals surface area (Å²) >= 11 is 15.2. The van der Waals surface area contributed by atoms with E-state index in [9.17, 15) is 4.79 Å². The first kappa shape index (κ1) is 20.0. The normalized spacial score (nSPS) is 10.6. The molecule has 0 unspecified atom stereocenters. The van der Waals surface area contributed by atoms with E-state index in [1.54, 1.807) is 49.2 Å². The van der Waals surface area contributed by atoms with Crippen molar-refractivity contribution in [1.29, 1.82) is 0 Å². The van der Waals surface area contributed by atoms with Crippen molar-refractivity contribution in [2.24, 2.45) is 0 Å². The molecule has 0 radical (unpaired) electrons. The van der Waals surface area contributed by atoms with Crippen LogP contribution in [0.5, 0.6) is 5.75 Å². The maximum Gasteiger partial charge on any atom is 0.230 e. The number of hydrogen-bond donors (Lipinski definition) is 1. The fourth-order valence-corrected chi connectivity index (χ4v) is 4.66. The van der Waals surface area contributed by atoms with Gasteiger partial charge in [0.25, 0.3) is 0 Å². The Morgan fingerprint density at radius 1 is 1.22 bits per heavy atom. The molecule has 140 valence electrons. The van der Waals surface area contributed by atoms with E-state index in [4.69, 9.17) is 27.9 Å². The lowest BCUT2D eigenvalue weighted by Gasteiger charge is -2.05. The highest BCUT2D eigenvalue weighted by molar-refractivity contribution is 8.00. The summed E-state index contributed by atoms with van der Waals surface area (Å²) in [7, 11) is 1.60. The second-order valence-electron chi connectivity index (χ2n) is 5.58. The predicted molar refractivity (Wildman–Crippen MR) is 113 cm³/mol. The van der Waals surface area contributed by atoms with E-state index in [0.29, 0.717) is 15.8 Å². The number of rotatable bonds is 7. The molecule has 0 spiro atoms. The van der Waals surface area contributed by atoms with Crippen molar-refractivity contribution >= 4 is 57.9 Å². The number of nitrogens with zero attached hydrogens (tertiary/aromatic N) is 1. The maximum absolute atomic E-state index is 12.2. The molecule has 1 amide bonds. The first-order chi connectivity index (χ1) is 13.0. The van der Waals surface area contributed by atoms with Gasteiger partial charge in [0.2, 0.25) is 5.91 Å². The quantitative estimate of drug-likeness (QED) is 0.464. The van der Waals surface area contributed by atoms with Gasteiger partial charge in [-0.25, -0.2) is 4.98 Å². The molecule has 1 aromatic heterocycles. The minimum atomic E-state index is -0.109. The molecule has 0 fully saturated rings. The molecule has 0 atom stereocenters. The van der Waals surface area contributed by atoms with E-state index in [2.05, 4.69) is 10.3 Å². The number of benzene rings is 2. The van der Waals surface area contributed by atoms with E-state index in [1.807, 2.05) is 17.5 Å². The Kier molecular flexibility index (Phi) is 7.01. The summed E-state index contributed by atoms with van der Waals surface area (Å²) in [6, 6.07) is 12.7. The number of nitrogens with one attached hydrogen (secondary N) is 1. The molecule has 27 heavy (non-hydrogen) atoms. The summed E-state index contributed by atoms with van der Waals surface area (Å²) in [5.41, 5.74) is 2.47. The molecular formula is C19H16Cl2N2O2S2. The van der Waals surface area contributed by atoms with Gasteiger partial charge < -0.3 is 10.1 Å². The van der Waals surface area contributed by atoms with E-state index >= 15 is 0 Å². The maximum atomic E-state index is 12.2. The van der Waals surface area contributed by atoms with Gasteiger partial charge in [0, 0.05) is 26.9 Å². The van der Waals surface area contributed by atoms with Gasteiger partial charge >= 0.3 is 0 Å². The molecule has 1 heterocycles. The van der Waals surface area contributed by atoms with Gasteiger partial charge in [-0.3, -0.25) is 4.79 Å². The van der Waals surface area contributed by atoms with Crippen molar-refractivity contribution in [2.75, 3.05) is 12.4 Å². The third-order valence-corrected chi connectivity index (χ3v) is 6.32. The Hall–Kier alpha value is -1.73. The first-order valence-corrected chi connectivity index (χ1v) is 10.6. The van der Waals surface area contributed by atoms with Crippen molar-refractivity contribution in [2.45, 2.75) is 16.5 Å². The fraction of sp³-hybridized carbons (Fsp3) is 0.158. The molecular weight excluding hydrogens is 423 g/mol. The van der Waals surface area contributed by atoms with Crippen LogP contribution in [0.15, 0.2) is 52.2 Å². The average Bonchev–Trinajstić information content (AvgIpc) is 3.09. The number of amides is 1. The molecule has 0 aliphatic rings. The number of thiazole rings is 1. The molecule has 3 rings (SSSR count). The van der Waals surface area contributed by atoms with Crippen molar-refractivity contribution < 1.29 is 9.53 Å². The van der Waals surface area contributed by atoms with Gasteiger partial charge in [-0.05, 0) is 42.0 Å². The van der Waals surface area contributed by atoms with E-state index in [0.717, 1.165) is 27.0 Å². The van der Waals surface area contributed by atoms with Crippen LogP contribution in [-0.4, -0.2) is 18.0 Å². The Labute approximate surface area is 175 Å². The number of methoxy groups -OCH3 is 1.